The van der Waals surface area contributed by atoms with Crippen LogP contribution in [0.25, 0.3) is 11.3 Å². The number of carbonyl (C=O) groups is 1. The number of nitrogens with one attached hydrogen (secondary N) is 2. The molecule has 1 amide bonds. The summed E-state index contributed by atoms with van der Waals surface area (Å²) in [6.45, 7) is 5.35. The second-order valence-corrected chi connectivity index (χ2v) is 8.39. The molecule has 1 unspecified atom stereocenters. The SMILES string of the molecule is CC(C)OC(=O)Nc1ccc(OCCC2CCCCN2)c(-c2c(Br)cnn2C)c1. The van der Waals surface area contributed by atoms with Gasteiger partial charge in [0.25, 0.3) is 0 Å². The minimum Gasteiger partial charge on any atom is -0.493 e. The topological polar surface area (TPSA) is 77.4 Å². The molecule has 29 heavy (non-hydrogen) atoms. The number of halogens is 1. The molecule has 2 aromatic rings. The molecule has 1 saturated heterocycles. The van der Waals surface area contributed by atoms with Crippen molar-refractivity contribution >= 4 is 27.7 Å². The highest BCUT2D eigenvalue weighted by Gasteiger charge is 2.18. The Bertz CT molecular complexity index is 812. The molecule has 7 nitrogen and oxygen atoms in total. The molecule has 2 N–H and O–H groups in total. The van der Waals surface area contributed by atoms with Crippen molar-refractivity contribution in [1.29, 1.82) is 0 Å². The molecule has 1 aliphatic rings. The van der Waals surface area contributed by atoms with Gasteiger partial charge >= 0.3 is 6.09 Å². The van der Waals surface area contributed by atoms with Crippen molar-refractivity contribution in [3.63, 3.8) is 0 Å². The first kappa shape index (κ1) is 21.6. The van der Waals surface area contributed by atoms with Crippen molar-refractivity contribution < 1.29 is 14.3 Å². The Morgan fingerprint density at radius 1 is 1.41 bits per heavy atom. The minimum absolute atomic E-state index is 0.184. The van der Waals surface area contributed by atoms with Crippen LogP contribution in [0.3, 0.4) is 0 Å². The van der Waals surface area contributed by atoms with Gasteiger partial charge in [0, 0.05) is 24.3 Å². The summed E-state index contributed by atoms with van der Waals surface area (Å²) >= 11 is 3.57. The molecule has 158 valence electrons. The highest BCUT2D eigenvalue weighted by atomic mass is 79.9. The van der Waals surface area contributed by atoms with Crippen molar-refractivity contribution in [2.24, 2.45) is 7.05 Å². The third-order valence-corrected chi connectivity index (χ3v) is 5.43. The predicted molar refractivity (Wildman–Crippen MR) is 117 cm³/mol. The summed E-state index contributed by atoms with van der Waals surface area (Å²) in [6, 6.07) is 6.11. The average molecular weight is 465 g/mol. The van der Waals surface area contributed by atoms with Crippen molar-refractivity contribution in [1.82, 2.24) is 15.1 Å². The van der Waals surface area contributed by atoms with E-state index in [-0.39, 0.29) is 6.10 Å². The quantitative estimate of drug-likeness (QED) is 0.619. The van der Waals surface area contributed by atoms with Crippen molar-refractivity contribution in [2.45, 2.75) is 51.7 Å². The second-order valence-electron chi connectivity index (χ2n) is 7.54. The normalized spacial score (nSPS) is 16.7. The van der Waals surface area contributed by atoms with Gasteiger partial charge in [0.05, 0.1) is 29.1 Å². The minimum atomic E-state index is -0.480. The Hall–Kier alpha value is -2.06. The van der Waals surface area contributed by atoms with E-state index in [4.69, 9.17) is 9.47 Å². The van der Waals surface area contributed by atoms with Crippen molar-refractivity contribution in [2.75, 3.05) is 18.5 Å². The van der Waals surface area contributed by atoms with Crippen LogP contribution in [0.15, 0.2) is 28.9 Å². The Morgan fingerprint density at radius 3 is 2.90 bits per heavy atom. The number of hydrogen-bond acceptors (Lipinski definition) is 5. The van der Waals surface area contributed by atoms with E-state index in [1.54, 1.807) is 10.9 Å². The van der Waals surface area contributed by atoms with E-state index >= 15 is 0 Å². The van der Waals surface area contributed by atoms with Gasteiger partial charge in [-0.2, -0.15) is 5.10 Å². The molecule has 0 spiro atoms. The van der Waals surface area contributed by atoms with E-state index < -0.39 is 6.09 Å². The molecule has 0 aliphatic carbocycles. The highest BCUT2D eigenvalue weighted by Crippen LogP contribution is 2.37. The van der Waals surface area contributed by atoms with Crippen LogP contribution < -0.4 is 15.4 Å². The number of carbonyl (C=O) groups excluding carboxylic acids is 1. The third kappa shape index (κ3) is 5.96. The summed E-state index contributed by atoms with van der Waals surface area (Å²) in [4.78, 5) is 12.0. The largest absolute Gasteiger partial charge is 0.493 e. The first-order valence-electron chi connectivity index (χ1n) is 10.1. The lowest BCUT2D eigenvalue weighted by Crippen LogP contribution is -2.35. The fraction of sp³-hybridized carbons (Fsp3) is 0.524. The van der Waals surface area contributed by atoms with Crippen LogP contribution in [0.1, 0.15) is 39.5 Å². The van der Waals surface area contributed by atoms with Gasteiger partial charge in [-0.1, -0.05) is 6.42 Å². The van der Waals surface area contributed by atoms with Gasteiger partial charge in [0.1, 0.15) is 5.75 Å². The molecule has 8 heteroatoms. The first-order chi connectivity index (χ1) is 13.9. The zero-order chi connectivity index (χ0) is 20.8. The zero-order valence-electron chi connectivity index (χ0n) is 17.2. The van der Waals surface area contributed by atoms with E-state index in [1.165, 1.54) is 19.3 Å². The number of nitrogens with zero attached hydrogens (tertiary/aromatic N) is 2. The average Bonchev–Trinajstić information content (AvgIpc) is 3.01. The lowest BCUT2D eigenvalue weighted by molar-refractivity contribution is 0.130. The first-order valence-corrected chi connectivity index (χ1v) is 10.9. The van der Waals surface area contributed by atoms with Gasteiger partial charge in [-0.05, 0) is 73.8 Å². The molecule has 1 aromatic heterocycles. The fourth-order valence-corrected chi connectivity index (χ4v) is 4.04. The Morgan fingerprint density at radius 2 is 2.24 bits per heavy atom. The van der Waals surface area contributed by atoms with E-state index in [0.29, 0.717) is 18.3 Å². The second kappa shape index (κ2) is 10.1. The number of amides is 1. The Kier molecular flexibility index (Phi) is 7.55. The molecule has 0 saturated carbocycles. The molecule has 0 bridgehead atoms. The molecule has 2 heterocycles. The van der Waals surface area contributed by atoms with Crippen LogP contribution in [0.4, 0.5) is 10.5 Å². The summed E-state index contributed by atoms with van der Waals surface area (Å²) < 4.78 is 14.0. The molecule has 3 rings (SSSR count). The summed E-state index contributed by atoms with van der Waals surface area (Å²) in [7, 11) is 1.88. The summed E-state index contributed by atoms with van der Waals surface area (Å²) in [5, 5.41) is 10.6. The zero-order valence-corrected chi connectivity index (χ0v) is 18.8. The molecular weight excluding hydrogens is 436 g/mol. The maximum atomic E-state index is 12.0. The van der Waals surface area contributed by atoms with Crippen molar-refractivity contribution in [3.05, 3.63) is 28.9 Å². The lowest BCUT2D eigenvalue weighted by atomic mass is 10.0. The third-order valence-electron chi connectivity index (χ3n) is 4.85. The monoisotopic (exact) mass is 464 g/mol. The number of anilines is 1. The van der Waals surface area contributed by atoms with Crippen molar-refractivity contribution in [3.8, 4) is 17.0 Å². The molecule has 1 aliphatic heterocycles. The van der Waals surface area contributed by atoms with Gasteiger partial charge < -0.3 is 14.8 Å². The molecule has 1 atom stereocenters. The maximum absolute atomic E-state index is 12.0. The van der Waals surface area contributed by atoms with Crippen LogP contribution >= 0.6 is 15.9 Å². The van der Waals surface area contributed by atoms with Gasteiger partial charge in [-0.15, -0.1) is 0 Å². The van der Waals surface area contributed by atoms with Gasteiger partial charge in [0.15, 0.2) is 0 Å². The summed E-state index contributed by atoms with van der Waals surface area (Å²) in [5.74, 6) is 0.757. The number of aromatic nitrogens is 2. The van der Waals surface area contributed by atoms with Crippen LogP contribution in [0, 0.1) is 0 Å². The highest BCUT2D eigenvalue weighted by molar-refractivity contribution is 9.10. The molecule has 1 aromatic carbocycles. The van der Waals surface area contributed by atoms with Crippen LogP contribution in [0.5, 0.6) is 5.75 Å². The standard InChI is InChI=1S/C21H29BrN4O3/c1-14(2)29-21(27)25-16-7-8-19(28-11-9-15-6-4-5-10-23-15)17(12-16)20-18(22)13-24-26(20)3/h7-8,12-15,23H,4-6,9-11H2,1-3H3,(H,25,27). The number of benzene rings is 1. The van der Waals surface area contributed by atoms with E-state index in [9.17, 15) is 4.79 Å². The van der Waals surface area contributed by atoms with E-state index in [0.717, 1.165) is 34.4 Å². The van der Waals surface area contributed by atoms with Crippen LogP contribution in [-0.4, -0.2) is 41.2 Å². The number of hydrogen-bond donors (Lipinski definition) is 2. The van der Waals surface area contributed by atoms with E-state index in [1.807, 2.05) is 39.1 Å². The number of piperidine rings is 1. The van der Waals surface area contributed by atoms with Crippen LogP contribution in [-0.2, 0) is 11.8 Å². The molecule has 1 fully saturated rings. The van der Waals surface area contributed by atoms with Gasteiger partial charge in [0.2, 0.25) is 0 Å². The Labute approximate surface area is 180 Å². The van der Waals surface area contributed by atoms with Crippen LogP contribution in [0.2, 0.25) is 0 Å². The summed E-state index contributed by atoms with van der Waals surface area (Å²) in [6.07, 6.45) is 5.78. The summed E-state index contributed by atoms with van der Waals surface area (Å²) in [5.41, 5.74) is 2.38. The predicted octanol–water partition coefficient (Wildman–Crippen LogP) is 4.72. The van der Waals surface area contributed by atoms with Gasteiger partial charge in [-0.3, -0.25) is 10.00 Å². The molecular formula is C21H29BrN4O3. The smallest absolute Gasteiger partial charge is 0.411 e. The van der Waals surface area contributed by atoms with Gasteiger partial charge in [-0.25, -0.2) is 4.79 Å². The van der Waals surface area contributed by atoms with E-state index in [2.05, 4.69) is 31.7 Å². The maximum Gasteiger partial charge on any atom is 0.411 e. The Balaban J connectivity index is 1.78. The molecule has 0 radical (unpaired) electrons. The fourth-order valence-electron chi connectivity index (χ4n) is 3.48. The number of ether oxygens (including phenoxy) is 2. The number of aryl methyl sites for hydroxylation is 1. The number of rotatable bonds is 7. The lowest BCUT2D eigenvalue weighted by Gasteiger charge is -2.23.